The quantitative estimate of drug-likeness (QED) is 0.516. The predicted octanol–water partition coefficient (Wildman–Crippen LogP) is 2.58. The van der Waals surface area contributed by atoms with Crippen molar-refractivity contribution in [3.63, 3.8) is 0 Å². The molecule has 5 heteroatoms. The molecule has 0 aromatic heterocycles. The lowest BCUT2D eigenvalue weighted by Gasteiger charge is -1.97. The molecule has 0 fully saturated rings. The highest BCUT2D eigenvalue weighted by Gasteiger charge is 1.90. The van der Waals surface area contributed by atoms with Crippen LogP contribution in [0, 0.1) is 13.8 Å². The molecule has 0 heterocycles. The molecule has 2 aromatic rings. The van der Waals surface area contributed by atoms with Crippen molar-refractivity contribution in [3.05, 3.63) is 70.8 Å². The van der Waals surface area contributed by atoms with Gasteiger partial charge < -0.3 is 5.73 Å². The summed E-state index contributed by atoms with van der Waals surface area (Å²) in [5.41, 5.74) is 12.6. The Labute approximate surface area is 130 Å². The zero-order chi connectivity index (χ0) is 15.8. The minimum atomic E-state index is 0.132. The van der Waals surface area contributed by atoms with Crippen LogP contribution in [0.15, 0.2) is 63.8 Å². The van der Waals surface area contributed by atoms with Crippen LogP contribution in [0.5, 0.6) is 0 Å². The van der Waals surface area contributed by atoms with Gasteiger partial charge in [-0.2, -0.15) is 10.2 Å². The second-order valence-electron chi connectivity index (χ2n) is 4.93. The molecule has 5 nitrogen and oxygen atoms in total. The van der Waals surface area contributed by atoms with Crippen molar-refractivity contribution < 1.29 is 0 Å². The van der Waals surface area contributed by atoms with Crippen LogP contribution in [0.4, 0.5) is 0 Å². The van der Waals surface area contributed by atoms with Gasteiger partial charge in [-0.05, 0) is 25.0 Å². The lowest BCUT2D eigenvalue weighted by molar-refractivity contribution is 0.994. The van der Waals surface area contributed by atoms with E-state index in [-0.39, 0.29) is 5.96 Å². The molecule has 0 atom stereocenters. The van der Waals surface area contributed by atoms with Gasteiger partial charge in [0.15, 0.2) is 0 Å². The Morgan fingerprint density at radius 2 is 1.55 bits per heavy atom. The zero-order valence-electron chi connectivity index (χ0n) is 12.7. The molecule has 0 unspecified atom stereocenters. The van der Waals surface area contributed by atoms with E-state index in [1.165, 1.54) is 11.1 Å². The number of nitrogens with two attached hydrogens (primary N) is 1. The molecule has 3 N–H and O–H groups in total. The normalized spacial score (nSPS) is 12.2. The van der Waals surface area contributed by atoms with E-state index in [9.17, 15) is 0 Å². The Kier molecular flexibility index (Phi) is 5.43. The Balaban J connectivity index is 1.90. The van der Waals surface area contributed by atoms with E-state index in [2.05, 4.69) is 20.7 Å². The molecule has 0 aliphatic heterocycles. The lowest BCUT2D eigenvalue weighted by atomic mass is 10.2. The fourth-order valence-electron chi connectivity index (χ4n) is 1.85. The summed E-state index contributed by atoms with van der Waals surface area (Å²) in [7, 11) is 0. The number of hydrogen-bond donors (Lipinski definition) is 2. The summed E-state index contributed by atoms with van der Waals surface area (Å²) in [5, 5.41) is 11.8. The number of aryl methyl sites for hydroxylation is 2. The van der Waals surface area contributed by atoms with Crippen molar-refractivity contribution >= 4 is 18.4 Å². The van der Waals surface area contributed by atoms with Gasteiger partial charge in [0.1, 0.15) is 0 Å². The molecular formula is C17H19N5. The van der Waals surface area contributed by atoms with E-state index in [4.69, 9.17) is 5.73 Å². The average Bonchev–Trinajstić information content (AvgIpc) is 2.47. The summed E-state index contributed by atoms with van der Waals surface area (Å²) in [6, 6.07) is 15.9. The van der Waals surface area contributed by atoms with Crippen molar-refractivity contribution in [1.82, 2.24) is 5.43 Å². The van der Waals surface area contributed by atoms with Crippen LogP contribution in [-0.2, 0) is 0 Å². The van der Waals surface area contributed by atoms with Gasteiger partial charge in [-0.25, -0.2) is 5.43 Å². The first kappa shape index (κ1) is 15.4. The molecule has 0 saturated heterocycles. The van der Waals surface area contributed by atoms with Gasteiger partial charge in [-0.1, -0.05) is 59.7 Å². The summed E-state index contributed by atoms with van der Waals surface area (Å²) in [6.07, 6.45) is 3.32. The molecule has 2 rings (SSSR count). The van der Waals surface area contributed by atoms with Crippen molar-refractivity contribution in [2.24, 2.45) is 21.0 Å². The van der Waals surface area contributed by atoms with Crippen LogP contribution >= 0.6 is 0 Å². The average molecular weight is 293 g/mol. The van der Waals surface area contributed by atoms with Gasteiger partial charge in [0.05, 0.1) is 12.4 Å². The third-order valence-electron chi connectivity index (χ3n) is 2.85. The second kappa shape index (κ2) is 7.73. The molecule has 0 aliphatic carbocycles. The van der Waals surface area contributed by atoms with E-state index in [0.717, 1.165) is 11.1 Å². The number of hydrazone groups is 1. The van der Waals surface area contributed by atoms with Crippen LogP contribution < -0.4 is 11.2 Å². The van der Waals surface area contributed by atoms with Gasteiger partial charge in [0.25, 0.3) is 0 Å². The molecule has 112 valence electrons. The molecular weight excluding hydrogens is 274 g/mol. The van der Waals surface area contributed by atoms with Crippen molar-refractivity contribution in [2.75, 3.05) is 0 Å². The molecule has 2 aromatic carbocycles. The zero-order valence-corrected chi connectivity index (χ0v) is 12.7. The summed E-state index contributed by atoms with van der Waals surface area (Å²) in [4.78, 5) is 0. The van der Waals surface area contributed by atoms with E-state index in [0.29, 0.717) is 0 Å². The maximum absolute atomic E-state index is 5.67. The minimum absolute atomic E-state index is 0.132. The second-order valence-corrected chi connectivity index (χ2v) is 4.93. The highest BCUT2D eigenvalue weighted by Crippen LogP contribution is 2.01. The summed E-state index contributed by atoms with van der Waals surface area (Å²) < 4.78 is 0. The fourth-order valence-corrected chi connectivity index (χ4v) is 1.85. The van der Waals surface area contributed by atoms with Crippen LogP contribution in [0.1, 0.15) is 22.3 Å². The van der Waals surface area contributed by atoms with Crippen molar-refractivity contribution in [3.8, 4) is 0 Å². The number of nitrogens with one attached hydrogen (secondary N) is 1. The Morgan fingerprint density at radius 1 is 0.955 bits per heavy atom. The number of rotatable bonds is 4. The Bertz CT molecular complexity index is 716. The fraction of sp³-hybridized carbons (Fsp3) is 0.118. The molecule has 0 spiro atoms. The summed E-state index contributed by atoms with van der Waals surface area (Å²) >= 11 is 0. The smallest absolute Gasteiger partial charge is 0.234 e. The third kappa shape index (κ3) is 5.20. The SMILES string of the molecule is Cc1cccc(C=NN=C(N)NN=Cc2cccc(C)c2)c1. The molecule has 0 amide bonds. The first-order valence-corrected chi connectivity index (χ1v) is 6.92. The van der Waals surface area contributed by atoms with E-state index in [1.54, 1.807) is 12.4 Å². The summed E-state index contributed by atoms with van der Waals surface area (Å²) in [5.74, 6) is 0.132. The highest BCUT2D eigenvalue weighted by molar-refractivity contribution is 5.84. The Hall–Kier alpha value is -2.95. The van der Waals surface area contributed by atoms with Gasteiger partial charge >= 0.3 is 0 Å². The van der Waals surface area contributed by atoms with Crippen molar-refractivity contribution in [2.45, 2.75) is 13.8 Å². The molecule has 0 saturated carbocycles. The van der Waals surface area contributed by atoms with Gasteiger partial charge in [-0.15, -0.1) is 5.10 Å². The van der Waals surface area contributed by atoms with Crippen LogP contribution in [0.25, 0.3) is 0 Å². The van der Waals surface area contributed by atoms with Crippen LogP contribution in [0.2, 0.25) is 0 Å². The third-order valence-corrected chi connectivity index (χ3v) is 2.85. The molecule has 0 bridgehead atoms. The maximum Gasteiger partial charge on any atom is 0.234 e. The van der Waals surface area contributed by atoms with Gasteiger partial charge in [0.2, 0.25) is 5.96 Å². The topological polar surface area (TPSA) is 75.1 Å². The molecule has 0 aliphatic rings. The minimum Gasteiger partial charge on any atom is -0.367 e. The number of guanidine groups is 1. The van der Waals surface area contributed by atoms with Gasteiger partial charge in [0, 0.05) is 0 Å². The Morgan fingerprint density at radius 3 is 2.14 bits per heavy atom. The lowest BCUT2D eigenvalue weighted by Crippen LogP contribution is -2.26. The summed E-state index contributed by atoms with van der Waals surface area (Å²) in [6.45, 7) is 4.05. The van der Waals surface area contributed by atoms with E-state index < -0.39 is 0 Å². The number of benzene rings is 2. The standard InChI is InChI=1S/C17H19N5/c1-13-5-3-7-15(9-13)11-19-21-17(18)22-20-12-16-8-4-6-14(2)10-16/h3-12H,1-2H3,(H3,18,21,22). The molecule has 0 radical (unpaired) electrons. The monoisotopic (exact) mass is 293 g/mol. The molecule has 22 heavy (non-hydrogen) atoms. The van der Waals surface area contributed by atoms with E-state index in [1.807, 2.05) is 62.4 Å². The predicted molar refractivity (Wildman–Crippen MR) is 92.3 cm³/mol. The largest absolute Gasteiger partial charge is 0.367 e. The van der Waals surface area contributed by atoms with Gasteiger partial charge in [-0.3, -0.25) is 0 Å². The number of hydrogen-bond acceptors (Lipinski definition) is 3. The number of nitrogens with zero attached hydrogens (tertiary/aromatic N) is 3. The first-order chi connectivity index (χ1) is 10.6. The van der Waals surface area contributed by atoms with Crippen LogP contribution in [-0.4, -0.2) is 18.4 Å². The first-order valence-electron chi connectivity index (χ1n) is 6.92. The van der Waals surface area contributed by atoms with E-state index >= 15 is 0 Å². The van der Waals surface area contributed by atoms with Crippen LogP contribution in [0.3, 0.4) is 0 Å². The maximum atomic E-state index is 5.67. The van der Waals surface area contributed by atoms with Crippen molar-refractivity contribution in [1.29, 1.82) is 0 Å². The highest BCUT2D eigenvalue weighted by atomic mass is 15.4.